The van der Waals surface area contributed by atoms with Gasteiger partial charge in [0.05, 0.1) is 50.8 Å². The van der Waals surface area contributed by atoms with Gasteiger partial charge in [-0.2, -0.15) is 0 Å². The zero-order valence-corrected chi connectivity index (χ0v) is 80.7. The van der Waals surface area contributed by atoms with Crippen molar-refractivity contribution in [2.24, 2.45) is 17.8 Å². The van der Waals surface area contributed by atoms with E-state index in [-0.39, 0.29) is 136 Å². The van der Waals surface area contributed by atoms with Gasteiger partial charge in [-0.15, -0.1) is 6.58 Å². The molecule has 0 aromatic carbocycles. The number of methoxy groups -OCH3 is 5. The van der Waals surface area contributed by atoms with Crippen LogP contribution in [-0.4, -0.2) is 365 Å². The highest BCUT2D eigenvalue weighted by Crippen LogP contribution is 2.53. The number of hydrogen-bond acceptors (Lipinski definition) is 40. The Morgan fingerprint density at radius 3 is 1.05 bits per heavy atom. The lowest BCUT2D eigenvalue weighted by Gasteiger charge is -2.32. The first-order chi connectivity index (χ1) is 59.4. The van der Waals surface area contributed by atoms with E-state index in [1.165, 1.54) is 14.2 Å². The first-order valence-corrected chi connectivity index (χ1v) is 44.8. The Labute approximate surface area is 752 Å². The molecule has 0 saturated carbocycles. The van der Waals surface area contributed by atoms with E-state index in [4.69, 9.17) is 161 Å². The third-order valence-corrected chi connectivity index (χ3v) is 26.2. The van der Waals surface area contributed by atoms with Gasteiger partial charge in [-0.3, -0.25) is 0 Å². The number of fused-ring (bicyclic) bond motifs is 8. The fourth-order valence-electron chi connectivity index (χ4n) is 19.5. The highest BCUT2D eigenvalue weighted by Gasteiger charge is 2.67. The molecule has 18 heterocycles. The summed E-state index contributed by atoms with van der Waals surface area (Å²) >= 11 is 0. The van der Waals surface area contributed by atoms with E-state index in [1.807, 2.05) is 124 Å². The zero-order chi connectivity index (χ0) is 95.0. The molecule has 18 aliphatic heterocycles. The second kappa shape index (κ2) is 40.0. The average molecular weight is 1850 g/mol. The van der Waals surface area contributed by atoms with Crippen LogP contribution in [0, 0.1) is 17.8 Å². The van der Waals surface area contributed by atoms with E-state index >= 15 is 0 Å². The summed E-state index contributed by atoms with van der Waals surface area (Å²) < 4.78 is 185. The second-order valence-corrected chi connectivity index (χ2v) is 39.8. The van der Waals surface area contributed by atoms with Gasteiger partial charge >= 0.3 is 0 Å². The molecule has 34 atom stereocenters. The minimum atomic E-state index is -1.15. The molecule has 128 heavy (non-hydrogen) atoms. The van der Waals surface area contributed by atoms with Crippen molar-refractivity contribution in [3.63, 3.8) is 0 Å². The molecule has 6 N–H and O–H groups in total. The van der Waals surface area contributed by atoms with Crippen molar-refractivity contribution < 1.29 is 192 Å². The van der Waals surface area contributed by atoms with E-state index in [0.717, 1.165) is 19.1 Å². The summed E-state index contributed by atoms with van der Waals surface area (Å²) in [7, 11) is 7.84. The summed E-state index contributed by atoms with van der Waals surface area (Å²) in [5.74, 6) is -5.84. The van der Waals surface area contributed by atoms with Crippen LogP contribution in [0.3, 0.4) is 0 Å². The van der Waals surface area contributed by atoms with Crippen LogP contribution in [0.25, 0.3) is 0 Å². The summed E-state index contributed by atoms with van der Waals surface area (Å²) in [6.07, 6.45) is -5.64. The second-order valence-electron chi connectivity index (χ2n) is 39.8. The van der Waals surface area contributed by atoms with Gasteiger partial charge in [0, 0.05) is 53.3 Å². The lowest BCUT2D eigenvalue weighted by atomic mass is 9.85. The quantitative estimate of drug-likeness (QED) is 0.0766. The Morgan fingerprint density at radius 2 is 0.688 bits per heavy atom. The fourth-order valence-corrected chi connectivity index (χ4v) is 19.5. The van der Waals surface area contributed by atoms with E-state index < -0.39 is 161 Å². The van der Waals surface area contributed by atoms with E-state index in [1.54, 1.807) is 62.9 Å². The number of hydrogen-bond donors (Lipinski definition) is 6. The molecule has 0 spiro atoms. The van der Waals surface area contributed by atoms with Crippen LogP contribution in [0.5, 0.6) is 0 Å². The van der Waals surface area contributed by atoms with Gasteiger partial charge in [-0.25, -0.2) is 0 Å². The van der Waals surface area contributed by atoms with Crippen molar-refractivity contribution in [1.82, 2.24) is 0 Å². The van der Waals surface area contributed by atoms with Crippen LogP contribution >= 0.6 is 0 Å². The number of carbonyl (C=O) groups excluding carboxylic acids is 1. The van der Waals surface area contributed by atoms with Crippen LogP contribution < -0.4 is 0 Å². The maximum atomic E-state index is 11.1. The van der Waals surface area contributed by atoms with Crippen molar-refractivity contribution in [3.8, 4) is 0 Å². The summed E-state index contributed by atoms with van der Waals surface area (Å²) in [4.78, 5) is 11.1. The van der Waals surface area contributed by atoms with Crippen molar-refractivity contribution in [3.05, 3.63) is 12.7 Å². The molecule has 0 radical (unpaired) electrons. The Balaban J connectivity index is 0.000000142. The topological polar surface area (TPSA) is 443 Å². The summed E-state index contributed by atoms with van der Waals surface area (Å²) in [6.45, 7) is 52.9. The van der Waals surface area contributed by atoms with Gasteiger partial charge in [0.25, 0.3) is 0 Å². The normalized spacial score (nSPS) is 46.3. The Hall–Kier alpha value is -2.15. The number of aliphatic hydroxyl groups is 6. The van der Waals surface area contributed by atoms with Crippen LogP contribution in [0.4, 0.5) is 0 Å². The zero-order valence-electron chi connectivity index (χ0n) is 80.7. The third kappa shape index (κ3) is 22.6. The van der Waals surface area contributed by atoms with Crippen molar-refractivity contribution >= 4 is 6.29 Å². The van der Waals surface area contributed by atoms with Gasteiger partial charge < -0.3 is 192 Å². The average Bonchev–Trinajstić information content (AvgIpc) is 1.59. The van der Waals surface area contributed by atoms with Crippen LogP contribution in [0.15, 0.2) is 12.7 Å². The molecule has 0 amide bonds. The van der Waals surface area contributed by atoms with Gasteiger partial charge in [0.1, 0.15) is 127 Å². The van der Waals surface area contributed by atoms with E-state index in [0.29, 0.717) is 19.6 Å². The van der Waals surface area contributed by atoms with E-state index in [2.05, 4.69) is 27.4 Å². The molecule has 0 bridgehead atoms. The molecule has 40 nitrogen and oxygen atoms in total. The Kier molecular flexibility index (Phi) is 33.2. The highest BCUT2D eigenvalue weighted by molar-refractivity contribution is 5.64. The maximum Gasteiger partial charge on any atom is 0.193 e. The largest absolute Gasteiger partial charge is 0.394 e. The molecular weight excluding hydrogens is 1700 g/mol. The molecule has 3 unspecified atom stereocenters. The first-order valence-electron chi connectivity index (χ1n) is 44.8. The molecular formula is C88H152O40. The van der Waals surface area contributed by atoms with Crippen molar-refractivity contribution in [2.45, 2.75) is 452 Å². The number of ether oxygens (including phenoxy) is 33. The van der Waals surface area contributed by atoms with Gasteiger partial charge in [-0.05, 0) is 158 Å². The molecule has 18 saturated heterocycles. The van der Waals surface area contributed by atoms with Gasteiger partial charge in [-0.1, -0.05) is 47.6 Å². The monoisotopic (exact) mass is 1850 g/mol. The SMILES string of the molecule is C=C[C@]1(CC)O[C@@H]2OC(C)(C)O[C@@H]2[C@@H]1C.CC1(C)OCC([C@H]2O[C@@H]3OC(C)(C)O[C@@H]3[C@@H]2O)O1.CC[C@@]1(C=O)O[C@@H]2OC(C)(C)O[C@@H]2[C@@H]1C.CC[C@@]1(CO)O[C@@H]2OC(C)(C)O[C@@H]2[C@@H]1C.CO[C@H]1O[C@@H]2OC(C)(C)O[C@@H]2[C@@H]1OC.CO[C@H]1[C@H]2OC(C)(C)O[C@H]2OC1(CO)CO.CO[C@H]1[C@H]2OC(C)(C)O[C@H]2O[C@@H]1C(O)CO.CO[C@H]1[C@H]2OC(C)(C)O[C@H]2O[C@@H]1C1COC(C)(C)O1. The summed E-state index contributed by atoms with van der Waals surface area (Å²) in [5, 5.41) is 56.8. The minimum Gasteiger partial charge on any atom is -0.394 e. The molecule has 0 aliphatic carbocycles. The minimum absolute atomic E-state index is 0.0187. The smallest absolute Gasteiger partial charge is 0.193 e. The number of rotatable bonds is 17. The van der Waals surface area contributed by atoms with Crippen LogP contribution in [-0.2, 0) is 161 Å². The maximum absolute atomic E-state index is 11.1. The molecule has 18 rings (SSSR count). The molecule has 18 fully saturated rings. The first kappa shape index (κ1) is 106. The Bertz CT molecular complexity index is 3520. The summed E-state index contributed by atoms with van der Waals surface area (Å²) in [6, 6.07) is 0. The highest BCUT2D eigenvalue weighted by atomic mass is 16.9. The summed E-state index contributed by atoms with van der Waals surface area (Å²) in [5.41, 5.74) is -2.66. The molecule has 40 heteroatoms. The van der Waals surface area contributed by atoms with E-state index in [9.17, 15) is 30.3 Å². The molecule has 0 aromatic rings. The molecule has 0 aromatic heterocycles. The van der Waals surface area contributed by atoms with Crippen molar-refractivity contribution in [1.29, 1.82) is 0 Å². The molecule has 744 valence electrons. The van der Waals surface area contributed by atoms with Crippen LogP contribution in [0.1, 0.15) is 199 Å². The predicted molar refractivity (Wildman–Crippen MR) is 440 cm³/mol. The predicted octanol–water partition coefficient (Wildman–Crippen LogP) is 5.56. The number of aliphatic hydroxyl groups excluding tert-OH is 6. The Morgan fingerprint density at radius 1 is 0.344 bits per heavy atom. The lowest BCUT2D eigenvalue weighted by Crippen LogP contribution is -2.51. The molecule has 18 aliphatic rings. The van der Waals surface area contributed by atoms with Crippen molar-refractivity contribution in [2.75, 3.05) is 75.2 Å². The number of aldehydes is 1. The fraction of sp³-hybridized carbons (Fsp3) is 0.966. The number of carbonyl (C=O) groups is 1. The standard InChI is InChI=1S/C13H22O6.C12H20O6.C12H20O3.C11H20O4.C11H18O4.2C10H18O6.C9H16O5/c1-12(2)15-6-7(17-12)8-9(14-5)10-11(16-8)19-13(3,4)18-10;1-11(2)14-5-6(16-11)8-7(13)9-10(15-8)18-12(3,4)17-9;1-6-12(7-2)8(3)9-10(15-12)14-11(4,5)13-9;2*1-5-11(6-12)7(2)8-9(15-11)14-10(3,4)13-8;1-9(2)14-6-7(13-3)10(4-11,5-12)16-8(6)15-9;1-10(2)15-8-7(13-3)6(5(12)4-11)14-9(8)16-10;1-9(2)13-6-5(10-3)7(11-4)12-8(6)14-9/h7-11H,6H2,1-5H3;6-10,13H,5H2,1-4H3;6,8-10H,1,7H2,2-5H3;7-9,12H,5-6H2,1-4H3;6-9H,5H2,1-4H3;6-8,11-12H,4-5H2,1-3H3;5-9,11-12H,4H2,1-3H3;5-8H,1-4H3/t7?,8-,9-,10-,11-;6?,7-,8-,9-,10-;8-,9+,10-,12+;2*7-,8+,9-,11-;6-,7+,8+;5?,6-,7-,8-,9-;5-,6+,7-,8+/m11000110/s1. The van der Waals surface area contributed by atoms with Crippen LogP contribution in [0.2, 0.25) is 0 Å². The van der Waals surface area contributed by atoms with Gasteiger partial charge in [0.2, 0.25) is 0 Å². The van der Waals surface area contributed by atoms with Gasteiger partial charge in [0.15, 0.2) is 121 Å². The lowest BCUT2D eigenvalue weighted by molar-refractivity contribution is -0.257. The third-order valence-electron chi connectivity index (χ3n) is 26.2.